The minimum Gasteiger partial charge on any atom is -0.492 e. The summed E-state index contributed by atoms with van der Waals surface area (Å²) < 4.78 is 47.6. The highest BCUT2D eigenvalue weighted by molar-refractivity contribution is 7.81. The fraction of sp³-hybridized carbons (Fsp3) is 0.463. The van der Waals surface area contributed by atoms with Crippen LogP contribution in [-0.4, -0.2) is 100 Å². The maximum absolute atomic E-state index is 13.8. The third kappa shape index (κ3) is 9.59. The Morgan fingerprint density at radius 3 is 2.48 bits per heavy atom. The number of hydrogen-bond donors (Lipinski definition) is 4. The lowest BCUT2D eigenvalue weighted by atomic mass is 9.98. The van der Waals surface area contributed by atoms with Gasteiger partial charge in [-0.3, -0.25) is 39.2 Å². The number of aryl methyl sites for hydroxylation is 1. The first-order chi connectivity index (χ1) is 28.2. The second-order valence-corrected chi connectivity index (χ2v) is 17.0. The number of nitrogens with one attached hydrogen (secondary N) is 3. The molecule has 4 amide bonds. The molecule has 0 saturated carbocycles. The van der Waals surface area contributed by atoms with E-state index in [1.807, 2.05) is 19.1 Å². The first-order valence-electron chi connectivity index (χ1n) is 19.4. The Balaban J connectivity index is 1.04. The monoisotopic (exact) mass is 869 g/mol. The Morgan fingerprint density at radius 2 is 1.82 bits per heavy atom. The van der Waals surface area contributed by atoms with Crippen LogP contribution in [-0.2, 0) is 31.8 Å². The van der Waals surface area contributed by atoms with Crippen LogP contribution in [0, 0.1) is 11.3 Å². The highest BCUT2D eigenvalue weighted by atomic mass is 35.5. The van der Waals surface area contributed by atoms with Gasteiger partial charge in [-0.1, -0.05) is 18.5 Å². The predicted octanol–water partition coefficient (Wildman–Crippen LogP) is 5.66. The quantitative estimate of drug-likeness (QED) is 0.131. The van der Waals surface area contributed by atoms with E-state index >= 15 is 0 Å². The maximum atomic E-state index is 13.8. The van der Waals surface area contributed by atoms with Crippen molar-refractivity contribution in [1.29, 1.82) is 5.26 Å². The minimum atomic E-state index is -4.85. The van der Waals surface area contributed by atoms with Gasteiger partial charge in [0.1, 0.15) is 30.0 Å². The van der Waals surface area contributed by atoms with Crippen molar-refractivity contribution in [2.24, 2.45) is 0 Å². The number of thiol groups is 1. The topological polar surface area (TPSA) is 163 Å². The molecule has 2 atom stereocenters. The van der Waals surface area contributed by atoms with E-state index in [0.29, 0.717) is 73.5 Å². The van der Waals surface area contributed by atoms with Gasteiger partial charge in [-0.2, -0.15) is 18.4 Å². The molecule has 0 bridgehead atoms. The predicted molar refractivity (Wildman–Crippen MR) is 224 cm³/mol. The summed E-state index contributed by atoms with van der Waals surface area (Å²) in [7, 11) is 0. The molecule has 3 N–H and O–H groups in total. The standard InChI is InChI=1S/C41H47ClF3N9O5S/c1-6-24-15-28(54-38(60)53(37(58)40(54,4)5)29-19-30(41(43,44)45)32(20-46)47-21-29)7-9-33(24)59-14-13-51-11-12-52(39(2,3)23-51)22-35(56)49-27-17-25(42)16-26(18-27)48-31-8-10-34(55)50-36(31)57/h7,9,15-19,21,31,38,48,60H,6,8,10-14,22-23H2,1-5H3,(H,49,56)(H,50,55,57). The molecule has 2 unspecified atom stereocenters. The third-order valence-electron chi connectivity index (χ3n) is 11.0. The number of ether oxygens (including phenoxy) is 1. The number of halogens is 4. The van der Waals surface area contributed by atoms with Gasteiger partial charge < -0.3 is 20.3 Å². The van der Waals surface area contributed by atoms with E-state index < -0.39 is 46.3 Å². The SMILES string of the molecule is CCc1cc(N2C(S)N(c3cnc(C#N)c(C(F)(F)F)c3)C(=O)C2(C)C)ccc1OCCN1CCN(CC(=O)Nc2cc(Cl)cc(NC3CCC(=O)NC3=O)c2)C(C)(C)C1. The Kier molecular flexibility index (Phi) is 13.0. The summed E-state index contributed by atoms with van der Waals surface area (Å²) in [5.41, 5.74) is -2.16. The molecule has 3 aliphatic heterocycles. The van der Waals surface area contributed by atoms with Crippen LogP contribution in [0.1, 0.15) is 64.3 Å². The molecule has 3 aromatic rings. The molecular formula is C41H47ClF3N9O5S. The van der Waals surface area contributed by atoms with Crippen LogP contribution in [0.15, 0.2) is 48.7 Å². The molecular weight excluding hydrogens is 823 g/mol. The summed E-state index contributed by atoms with van der Waals surface area (Å²) in [5.74, 6) is -0.763. The van der Waals surface area contributed by atoms with Crippen molar-refractivity contribution in [1.82, 2.24) is 20.1 Å². The van der Waals surface area contributed by atoms with E-state index in [-0.39, 0.29) is 36.0 Å². The fourth-order valence-corrected chi connectivity index (χ4v) is 8.74. The summed E-state index contributed by atoms with van der Waals surface area (Å²) >= 11 is 11.0. The number of nitrogens with zero attached hydrogens (tertiary/aromatic N) is 6. The van der Waals surface area contributed by atoms with Crippen LogP contribution in [0.2, 0.25) is 5.02 Å². The number of carbonyl (C=O) groups excluding carboxylic acids is 4. The van der Waals surface area contributed by atoms with Gasteiger partial charge in [-0.15, -0.1) is 12.6 Å². The van der Waals surface area contributed by atoms with Crippen molar-refractivity contribution < 1.29 is 37.1 Å². The number of anilines is 4. The largest absolute Gasteiger partial charge is 0.492 e. The number of rotatable bonds is 12. The number of alkyl halides is 3. The molecule has 19 heteroatoms. The van der Waals surface area contributed by atoms with Gasteiger partial charge in [0.05, 0.1) is 24.0 Å². The highest BCUT2D eigenvalue weighted by Crippen LogP contribution is 2.43. The summed E-state index contributed by atoms with van der Waals surface area (Å²) in [5, 5.41) is 17.9. The smallest absolute Gasteiger partial charge is 0.419 e. The van der Waals surface area contributed by atoms with Gasteiger partial charge in [0.15, 0.2) is 11.2 Å². The van der Waals surface area contributed by atoms with E-state index in [1.54, 1.807) is 43.0 Å². The van der Waals surface area contributed by atoms with E-state index in [1.165, 1.54) is 6.07 Å². The van der Waals surface area contributed by atoms with Crippen molar-refractivity contribution in [2.75, 3.05) is 59.8 Å². The summed E-state index contributed by atoms with van der Waals surface area (Å²) in [4.78, 5) is 61.7. The normalized spacial score (nSPS) is 20.8. The average molecular weight is 870 g/mol. The number of amides is 4. The number of carbonyl (C=O) groups is 4. The van der Waals surface area contributed by atoms with Gasteiger partial charge in [0, 0.05) is 60.2 Å². The molecule has 4 heterocycles. The summed E-state index contributed by atoms with van der Waals surface area (Å²) in [6.45, 7) is 12.6. The number of piperidine rings is 1. The molecule has 320 valence electrons. The number of piperazine rings is 1. The van der Waals surface area contributed by atoms with Crippen LogP contribution < -0.4 is 30.5 Å². The zero-order valence-electron chi connectivity index (χ0n) is 33.8. The molecule has 1 aromatic heterocycles. The molecule has 60 heavy (non-hydrogen) atoms. The summed E-state index contributed by atoms with van der Waals surface area (Å²) in [6, 6.07) is 12.1. The fourth-order valence-electron chi connectivity index (χ4n) is 7.85. The molecule has 0 aliphatic carbocycles. The first kappa shape index (κ1) is 44.5. The van der Waals surface area contributed by atoms with Crippen LogP contribution in [0.4, 0.5) is 35.9 Å². The summed E-state index contributed by atoms with van der Waals surface area (Å²) in [6.07, 6.45) is -2.60. The lowest BCUT2D eigenvalue weighted by Gasteiger charge is -2.46. The Labute approximate surface area is 356 Å². The Morgan fingerprint density at radius 1 is 1.08 bits per heavy atom. The minimum absolute atomic E-state index is 0.126. The molecule has 3 saturated heterocycles. The Bertz CT molecular complexity index is 2220. The zero-order valence-corrected chi connectivity index (χ0v) is 35.5. The Hall–Kier alpha value is -5.09. The number of benzene rings is 2. The number of pyridine rings is 1. The average Bonchev–Trinajstić information content (AvgIpc) is 3.34. The molecule has 0 spiro atoms. The van der Waals surface area contributed by atoms with Gasteiger partial charge in [0.25, 0.3) is 5.91 Å². The second kappa shape index (κ2) is 17.5. The van der Waals surface area contributed by atoms with Crippen molar-refractivity contribution in [2.45, 2.75) is 82.7 Å². The molecule has 2 aromatic carbocycles. The van der Waals surface area contributed by atoms with Gasteiger partial charge >= 0.3 is 6.18 Å². The lowest BCUT2D eigenvalue weighted by molar-refractivity contribution is -0.138. The molecule has 3 aliphatic rings. The van der Waals surface area contributed by atoms with E-state index in [2.05, 4.69) is 44.6 Å². The van der Waals surface area contributed by atoms with Gasteiger partial charge in [-0.05, 0) is 88.6 Å². The van der Waals surface area contributed by atoms with Crippen molar-refractivity contribution in [3.05, 3.63) is 70.5 Å². The van der Waals surface area contributed by atoms with E-state index in [0.717, 1.165) is 22.7 Å². The van der Waals surface area contributed by atoms with Crippen LogP contribution in [0.25, 0.3) is 0 Å². The first-order valence-corrected chi connectivity index (χ1v) is 20.3. The number of aromatic nitrogens is 1. The number of hydrogen-bond acceptors (Lipinski definition) is 12. The van der Waals surface area contributed by atoms with Crippen LogP contribution in [0.3, 0.4) is 0 Å². The van der Waals surface area contributed by atoms with Gasteiger partial charge in [-0.25, -0.2) is 4.98 Å². The van der Waals surface area contributed by atoms with Crippen molar-refractivity contribution in [3.63, 3.8) is 0 Å². The van der Waals surface area contributed by atoms with E-state index in [9.17, 15) is 37.6 Å². The molecule has 6 rings (SSSR count). The van der Waals surface area contributed by atoms with Crippen molar-refractivity contribution in [3.8, 4) is 11.8 Å². The van der Waals surface area contributed by atoms with E-state index in [4.69, 9.17) is 29.0 Å². The van der Waals surface area contributed by atoms with Crippen molar-refractivity contribution >= 4 is 70.6 Å². The second-order valence-electron chi connectivity index (χ2n) is 16.1. The van der Waals surface area contributed by atoms with Gasteiger partial charge in [0.2, 0.25) is 17.7 Å². The number of imide groups is 1. The number of nitriles is 1. The molecule has 3 fully saturated rings. The maximum Gasteiger partial charge on any atom is 0.419 e. The van der Waals surface area contributed by atoms with Crippen LogP contribution in [0.5, 0.6) is 5.75 Å². The lowest BCUT2D eigenvalue weighted by Crippen LogP contribution is -2.61. The molecule has 14 nitrogen and oxygen atoms in total. The highest BCUT2D eigenvalue weighted by Gasteiger charge is 2.52. The third-order valence-corrected chi connectivity index (χ3v) is 11.7. The van der Waals surface area contributed by atoms with Crippen LogP contribution >= 0.6 is 24.2 Å². The zero-order chi connectivity index (χ0) is 43.7. The molecule has 0 radical (unpaired) electrons.